The predicted octanol–water partition coefficient (Wildman–Crippen LogP) is 4.48. The summed E-state index contributed by atoms with van der Waals surface area (Å²) in [4.78, 5) is 16.5. The van der Waals surface area contributed by atoms with Gasteiger partial charge in [-0.1, -0.05) is 19.4 Å². The highest BCUT2D eigenvalue weighted by molar-refractivity contribution is 5.96. The fourth-order valence-corrected chi connectivity index (χ4v) is 2.82. The summed E-state index contributed by atoms with van der Waals surface area (Å²) in [5, 5.41) is 11.3. The Hall–Kier alpha value is -3.12. The maximum absolute atomic E-state index is 12.3. The zero-order valence-electron chi connectivity index (χ0n) is 16.0. The van der Waals surface area contributed by atoms with Crippen molar-refractivity contribution in [3.63, 3.8) is 0 Å². The number of nitrogens with zero attached hydrogens (tertiary/aromatic N) is 1. The number of aliphatic hydroxyl groups is 1. The molecule has 0 saturated heterocycles. The number of rotatable bonds is 8. The molecule has 1 heterocycles. The van der Waals surface area contributed by atoms with E-state index in [9.17, 15) is 9.90 Å². The van der Waals surface area contributed by atoms with Crippen molar-refractivity contribution in [3.8, 4) is 17.2 Å². The number of carbonyl (C=O) groups excluding carboxylic acids is 1. The summed E-state index contributed by atoms with van der Waals surface area (Å²) in [7, 11) is 1.61. The smallest absolute Gasteiger partial charge is 0.357 e. The molecular weight excluding hydrogens is 358 g/mol. The minimum Gasteiger partial charge on any atom is -0.497 e. The molecule has 2 aromatic carbocycles. The molecule has 0 aliphatic heterocycles. The number of methoxy groups -OCH3 is 1. The van der Waals surface area contributed by atoms with Crippen LogP contribution in [0.2, 0.25) is 0 Å². The standard InChI is InChI=1S/C22H23NO5/c1-3-4-11-27-22(25)21-20(14-24)19-10-9-18(12-15(19)13-23-21)28-17-7-5-16(26-2)6-8-17/h5-10,12-13,24H,3-4,11,14H2,1-2H3. The number of hydrogen-bond donors (Lipinski definition) is 1. The normalized spacial score (nSPS) is 10.7. The lowest BCUT2D eigenvalue weighted by Crippen LogP contribution is -2.12. The number of aliphatic hydroxyl groups excluding tert-OH is 1. The van der Waals surface area contributed by atoms with Crippen molar-refractivity contribution >= 4 is 16.7 Å². The summed E-state index contributed by atoms with van der Waals surface area (Å²) < 4.78 is 16.2. The monoisotopic (exact) mass is 381 g/mol. The molecule has 0 atom stereocenters. The third-order valence-corrected chi connectivity index (χ3v) is 4.34. The fraction of sp³-hybridized carbons (Fsp3) is 0.273. The third kappa shape index (κ3) is 4.40. The van der Waals surface area contributed by atoms with E-state index in [4.69, 9.17) is 14.2 Å². The van der Waals surface area contributed by atoms with Crippen molar-refractivity contribution in [1.82, 2.24) is 4.98 Å². The Labute approximate surface area is 163 Å². The van der Waals surface area contributed by atoms with Crippen molar-refractivity contribution in [2.24, 2.45) is 0 Å². The number of unbranched alkanes of at least 4 members (excludes halogenated alkanes) is 1. The van der Waals surface area contributed by atoms with E-state index >= 15 is 0 Å². The number of aromatic nitrogens is 1. The highest BCUT2D eigenvalue weighted by atomic mass is 16.5. The summed E-state index contributed by atoms with van der Waals surface area (Å²) in [6.45, 7) is 2.06. The first-order valence-corrected chi connectivity index (χ1v) is 9.17. The van der Waals surface area contributed by atoms with Crippen LogP contribution in [0.25, 0.3) is 10.8 Å². The molecule has 0 unspecified atom stereocenters. The highest BCUT2D eigenvalue weighted by Crippen LogP contribution is 2.29. The molecule has 3 rings (SSSR count). The van der Waals surface area contributed by atoms with Crippen LogP contribution >= 0.6 is 0 Å². The summed E-state index contributed by atoms with van der Waals surface area (Å²) in [6, 6.07) is 12.7. The second-order valence-corrected chi connectivity index (χ2v) is 6.26. The van der Waals surface area contributed by atoms with Crippen LogP contribution in [0.3, 0.4) is 0 Å². The van der Waals surface area contributed by atoms with E-state index in [-0.39, 0.29) is 12.3 Å². The van der Waals surface area contributed by atoms with Crippen molar-refractivity contribution in [1.29, 1.82) is 0 Å². The SMILES string of the molecule is CCCCOC(=O)c1ncc2cc(Oc3ccc(OC)cc3)ccc2c1CO. The Morgan fingerprint density at radius 2 is 1.79 bits per heavy atom. The first-order chi connectivity index (χ1) is 13.7. The molecule has 0 bridgehead atoms. The zero-order chi connectivity index (χ0) is 19.9. The first-order valence-electron chi connectivity index (χ1n) is 9.17. The van der Waals surface area contributed by atoms with Gasteiger partial charge in [0, 0.05) is 17.1 Å². The van der Waals surface area contributed by atoms with Gasteiger partial charge in [0.2, 0.25) is 0 Å². The summed E-state index contributed by atoms with van der Waals surface area (Å²) in [6.07, 6.45) is 3.31. The predicted molar refractivity (Wildman–Crippen MR) is 106 cm³/mol. The van der Waals surface area contributed by atoms with Gasteiger partial charge in [0.05, 0.1) is 20.3 Å². The van der Waals surface area contributed by atoms with Crippen molar-refractivity contribution in [3.05, 3.63) is 59.9 Å². The number of hydrogen-bond acceptors (Lipinski definition) is 6. The number of carbonyl (C=O) groups is 1. The van der Waals surface area contributed by atoms with Gasteiger partial charge in [-0.15, -0.1) is 0 Å². The molecule has 1 aromatic heterocycles. The molecule has 146 valence electrons. The van der Waals surface area contributed by atoms with Gasteiger partial charge in [0.15, 0.2) is 5.69 Å². The van der Waals surface area contributed by atoms with Crippen molar-refractivity contribution in [2.75, 3.05) is 13.7 Å². The Balaban J connectivity index is 1.86. The molecule has 1 N–H and O–H groups in total. The topological polar surface area (TPSA) is 77.9 Å². The maximum atomic E-state index is 12.3. The van der Waals surface area contributed by atoms with Gasteiger partial charge in [-0.3, -0.25) is 0 Å². The fourth-order valence-electron chi connectivity index (χ4n) is 2.82. The van der Waals surface area contributed by atoms with Gasteiger partial charge in [-0.05, 0) is 48.2 Å². The van der Waals surface area contributed by atoms with Gasteiger partial charge in [0.1, 0.15) is 17.2 Å². The molecule has 3 aromatic rings. The number of fused-ring (bicyclic) bond motifs is 1. The van der Waals surface area contributed by atoms with Crippen LogP contribution in [0, 0.1) is 0 Å². The average molecular weight is 381 g/mol. The summed E-state index contributed by atoms with van der Waals surface area (Å²) in [5.74, 6) is 1.53. The summed E-state index contributed by atoms with van der Waals surface area (Å²) >= 11 is 0. The van der Waals surface area contributed by atoms with E-state index in [1.807, 2.05) is 43.3 Å². The molecule has 0 aliphatic rings. The van der Waals surface area contributed by atoms with Crippen LogP contribution in [0.1, 0.15) is 35.8 Å². The zero-order valence-corrected chi connectivity index (χ0v) is 16.0. The van der Waals surface area contributed by atoms with E-state index in [0.29, 0.717) is 23.7 Å². The van der Waals surface area contributed by atoms with E-state index in [0.717, 1.165) is 29.4 Å². The molecule has 6 nitrogen and oxygen atoms in total. The molecule has 0 spiro atoms. The largest absolute Gasteiger partial charge is 0.497 e. The quantitative estimate of drug-likeness (QED) is 0.458. The third-order valence-electron chi connectivity index (χ3n) is 4.34. The van der Waals surface area contributed by atoms with Crippen LogP contribution in [0.5, 0.6) is 17.2 Å². The molecule has 0 aliphatic carbocycles. The maximum Gasteiger partial charge on any atom is 0.357 e. The van der Waals surface area contributed by atoms with Gasteiger partial charge in [0.25, 0.3) is 0 Å². The van der Waals surface area contributed by atoms with E-state index in [2.05, 4.69) is 4.98 Å². The van der Waals surface area contributed by atoms with Crippen molar-refractivity contribution in [2.45, 2.75) is 26.4 Å². The minimum atomic E-state index is -0.516. The van der Waals surface area contributed by atoms with E-state index < -0.39 is 5.97 Å². The molecule has 28 heavy (non-hydrogen) atoms. The van der Waals surface area contributed by atoms with Crippen LogP contribution in [0.4, 0.5) is 0 Å². The van der Waals surface area contributed by atoms with Gasteiger partial charge in [-0.2, -0.15) is 0 Å². The molecular formula is C22H23NO5. The van der Waals surface area contributed by atoms with Crippen LogP contribution < -0.4 is 9.47 Å². The lowest BCUT2D eigenvalue weighted by atomic mass is 10.0. The number of pyridine rings is 1. The van der Waals surface area contributed by atoms with E-state index in [1.54, 1.807) is 19.4 Å². The molecule has 0 saturated carbocycles. The second-order valence-electron chi connectivity index (χ2n) is 6.26. The molecule has 6 heteroatoms. The lowest BCUT2D eigenvalue weighted by molar-refractivity contribution is 0.0489. The number of benzene rings is 2. The molecule has 0 amide bonds. The minimum absolute atomic E-state index is 0.148. The Morgan fingerprint density at radius 3 is 2.46 bits per heavy atom. The van der Waals surface area contributed by atoms with Crippen LogP contribution in [0.15, 0.2) is 48.7 Å². The summed E-state index contributed by atoms with van der Waals surface area (Å²) in [5.41, 5.74) is 0.602. The van der Waals surface area contributed by atoms with E-state index in [1.165, 1.54) is 0 Å². The van der Waals surface area contributed by atoms with Gasteiger partial charge in [-0.25, -0.2) is 9.78 Å². The number of ether oxygens (including phenoxy) is 3. The lowest BCUT2D eigenvalue weighted by Gasteiger charge is -2.12. The van der Waals surface area contributed by atoms with Gasteiger partial charge >= 0.3 is 5.97 Å². The highest BCUT2D eigenvalue weighted by Gasteiger charge is 2.17. The molecule has 0 fully saturated rings. The van der Waals surface area contributed by atoms with Crippen LogP contribution in [-0.4, -0.2) is 29.8 Å². The van der Waals surface area contributed by atoms with Gasteiger partial charge < -0.3 is 19.3 Å². The average Bonchev–Trinajstić information content (AvgIpc) is 2.73. The second kappa shape index (κ2) is 9.19. The first kappa shape index (κ1) is 19.6. The Bertz CT molecular complexity index is 953. The Kier molecular flexibility index (Phi) is 6.45. The van der Waals surface area contributed by atoms with Crippen molar-refractivity contribution < 1.29 is 24.1 Å². The van der Waals surface area contributed by atoms with Crippen LogP contribution in [-0.2, 0) is 11.3 Å². The Morgan fingerprint density at radius 1 is 1.07 bits per heavy atom. The number of esters is 1. The molecule has 0 radical (unpaired) electrons.